The quantitative estimate of drug-likeness (QED) is 0.236. The molecule has 0 unspecified atom stereocenters. The number of rotatable bonds is 7. The predicted molar refractivity (Wildman–Crippen MR) is 174 cm³/mol. The molecule has 0 saturated heterocycles. The first-order valence-corrected chi connectivity index (χ1v) is 14.8. The van der Waals surface area contributed by atoms with E-state index < -0.39 is 12.1 Å². The molecule has 0 fully saturated rings. The number of nitrogen functional groups attached to an aromatic ring is 1. The Morgan fingerprint density at radius 1 is 1.07 bits per heavy atom. The number of amides is 3. The van der Waals surface area contributed by atoms with Crippen LogP contribution in [0.4, 0.5) is 17.1 Å². The molecule has 11 heteroatoms. The summed E-state index contributed by atoms with van der Waals surface area (Å²) in [4.78, 5) is 44.6. The number of nitrogens with one attached hydrogen (secondary N) is 2. The Balaban J connectivity index is 1.69. The lowest BCUT2D eigenvalue weighted by molar-refractivity contribution is -0.128. The third kappa shape index (κ3) is 6.04. The minimum atomic E-state index is -1.07. The lowest BCUT2D eigenvalue weighted by Gasteiger charge is -2.27. The number of likely N-dealkylation sites (N-methyl/N-ethyl adjacent to an activating group) is 1. The molecule has 1 aliphatic rings. The molecule has 0 aliphatic carbocycles. The summed E-state index contributed by atoms with van der Waals surface area (Å²) in [7, 11) is 3.24. The fourth-order valence-electron chi connectivity index (χ4n) is 5.15. The standard InChI is InChI=1S/C32H31BrClN5O4/c1-18(36-2)30(40)37-26-17-39(31(41)19-7-10-21(35)11-8-19)28-15-20(34)9-13-27(28)38(32(26)42)16-24-22-5-4-6-25(33)23(22)12-14-29(24)43-3/h4-15,18,26,36H,16-17,35H2,1-3H3,(H,37,40)/t18-,26-/m0/s1. The van der Waals surface area contributed by atoms with Crippen LogP contribution in [0.5, 0.6) is 5.75 Å². The highest BCUT2D eigenvalue weighted by Gasteiger charge is 2.38. The van der Waals surface area contributed by atoms with E-state index in [9.17, 15) is 14.4 Å². The monoisotopic (exact) mass is 663 g/mol. The number of ether oxygens (including phenoxy) is 1. The van der Waals surface area contributed by atoms with Crippen LogP contribution in [0.3, 0.4) is 0 Å². The zero-order valence-corrected chi connectivity index (χ0v) is 26.2. The van der Waals surface area contributed by atoms with Crippen LogP contribution >= 0.6 is 27.5 Å². The maximum atomic E-state index is 14.4. The molecule has 1 aliphatic heterocycles. The molecular formula is C32H31BrClN5O4. The first-order valence-electron chi connectivity index (χ1n) is 13.6. The van der Waals surface area contributed by atoms with E-state index in [1.165, 1.54) is 4.90 Å². The third-order valence-corrected chi connectivity index (χ3v) is 8.53. The summed E-state index contributed by atoms with van der Waals surface area (Å²) in [5, 5.41) is 7.99. The Hall–Kier alpha value is -4.12. The molecule has 0 bridgehead atoms. The van der Waals surface area contributed by atoms with Crippen molar-refractivity contribution in [1.29, 1.82) is 0 Å². The molecule has 0 spiro atoms. The summed E-state index contributed by atoms with van der Waals surface area (Å²) >= 11 is 10.1. The number of nitrogens with two attached hydrogens (primary N) is 1. The van der Waals surface area contributed by atoms with Gasteiger partial charge in [0.1, 0.15) is 11.8 Å². The highest BCUT2D eigenvalue weighted by molar-refractivity contribution is 9.10. The van der Waals surface area contributed by atoms with Gasteiger partial charge in [0.2, 0.25) is 5.91 Å². The van der Waals surface area contributed by atoms with Gasteiger partial charge in [-0.05, 0) is 85.4 Å². The average molecular weight is 665 g/mol. The number of fused-ring (bicyclic) bond motifs is 2. The van der Waals surface area contributed by atoms with Crippen LogP contribution < -0.4 is 30.9 Å². The van der Waals surface area contributed by atoms with E-state index >= 15 is 0 Å². The highest BCUT2D eigenvalue weighted by Crippen LogP contribution is 2.40. The average Bonchev–Trinajstić information content (AvgIpc) is 3.11. The first-order chi connectivity index (χ1) is 20.6. The van der Waals surface area contributed by atoms with Gasteiger partial charge in [0.05, 0.1) is 37.6 Å². The number of halogens is 2. The van der Waals surface area contributed by atoms with Crippen molar-refractivity contribution in [3.05, 3.63) is 93.4 Å². The van der Waals surface area contributed by atoms with Gasteiger partial charge in [0, 0.05) is 26.3 Å². The number of anilines is 3. The van der Waals surface area contributed by atoms with Crippen LogP contribution in [-0.4, -0.2) is 50.5 Å². The van der Waals surface area contributed by atoms with Gasteiger partial charge in [0.15, 0.2) is 0 Å². The SMILES string of the molecule is CN[C@@H](C)C(=O)N[C@H]1CN(C(=O)c2ccc(N)cc2)c2cc(Cl)ccc2N(Cc2c(OC)ccc3c(Br)cccc23)C1=O. The summed E-state index contributed by atoms with van der Waals surface area (Å²) < 4.78 is 6.64. The van der Waals surface area contributed by atoms with Crippen molar-refractivity contribution in [2.24, 2.45) is 0 Å². The van der Waals surface area contributed by atoms with Gasteiger partial charge in [0.25, 0.3) is 11.8 Å². The molecule has 222 valence electrons. The molecule has 3 amide bonds. The fraction of sp³-hybridized carbons (Fsp3) is 0.219. The summed E-state index contributed by atoms with van der Waals surface area (Å²) in [5.41, 5.74) is 8.41. The van der Waals surface area contributed by atoms with Gasteiger partial charge in [-0.25, -0.2) is 0 Å². The second kappa shape index (κ2) is 12.6. The van der Waals surface area contributed by atoms with E-state index in [0.717, 1.165) is 20.8 Å². The van der Waals surface area contributed by atoms with Crippen LogP contribution in [0.2, 0.25) is 5.02 Å². The molecule has 4 aromatic carbocycles. The van der Waals surface area contributed by atoms with Gasteiger partial charge in [-0.3, -0.25) is 14.4 Å². The second-order valence-electron chi connectivity index (χ2n) is 10.2. The number of nitrogens with zero attached hydrogens (tertiary/aromatic N) is 2. The van der Waals surface area contributed by atoms with Crippen molar-refractivity contribution >= 4 is 73.1 Å². The number of carbonyl (C=O) groups is 3. The van der Waals surface area contributed by atoms with Crippen LogP contribution in [-0.2, 0) is 16.1 Å². The molecule has 0 aromatic heterocycles. The van der Waals surface area contributed by atoms with Crippen LogP contribution in [0.15, 0.2) is 77.3 Å². The van der Waals surface area contributed by atoms with E-state index in [0.29, 0.717) is 33.4 Å². The normalized spacial score (nSPS) is 15.6. The highest BCUT2D eigenvalue weighted by atomic mass is 79.9. The molecule has 4 N–H and O–H groups in total. The van der Waals surface area contributed by atoms with Crippen LogP contribution in [0, 0.1) is 0 Å². The predicted octanol–water partition coefficient (Wildman–Crippen LogP) is 5.13. The van der Waals surface area contributed by atoms with E-state index in [-0.39, 0.29) is 30.8 Å². The Bertz CT molecular complexity index is 1710. The van der Waals surface area contributed by atoms with Crippen molar-refractivity contribution in [3.8, 4) is 5.75 Å². The van der Waals surface area contributed by atoms with Crippen molar-refractivity contribution < 1.29 is 19.1 Å². The summed E-state index contributed by atoms with van der Waals surface area (Å²) in [6.45, 7) is 1.67. The van der Waals surface area contributed by atoms with Crippen LogP contribution in [0.1, 0.15) is 22.8 Å². The van der Waals surface area contributed by atoms with E-state index in [4.69, 9.17) is 22.1 Å². The first kappa shape index (κ1) is 30.3. The second-order valence-corrected chi connectivity index (χ2v) is 11.5. The van der Waals surface area contributed by atoms with Gasteiger partial charge in [-0.2, -0.15) is 0 Å². The summed E-state index contributed by atoms with van der Waals surface area (Å²) in [5.74, 6) is -0.540. The zero-order valence-electron chi connectivity index (χ0n) is 23.9. The van der Waals surface area contributed by atoms with Crippen molar-refractivity contribution in [2.45, 2.75) is 25.6 Å². The molecular weight excluding hydrogens is 634 g/mol. The Morgan fingerprint density at radius 2 is 1.81 bits per heavy atom. The fourth-order valence-corrected chi connectivity index (χ4v) is 5.82. The Kier molecular flexibility index (Phi) is 8.91. The van der Waals surface area contributed by atoms with Crippen molar-refractivity contribution in [3.63, 3.8) is 0 Å². The number of hydrogen-bond donors (Lipinski definition) is 3. The lowest BCUT2D eigenvalue weighted by Crippen LogP contribution is -2.55. The zero-order chi connectivity index (χ0) is 30.8. The largest absolute Gasteiger partial charge is 0.496 e. The maximum Gasteiger partial charge on any atom is 0.258 e. The Labute approximate surface area is 263 Å². The third-order valence-electron chi connectivity index (χ3n) is 7.61. The van der Waals surface area contributed by atoms with Gasteiger partial charge < -0.3 is 30.9 Å². The molecule has 0 saturated carbocycles. The molecule has 1 heterocycles. The molecule has 2 atom stereocenters. The summed E-state index contributed by atoms with van der Waals surface area (Å²) in [6.07, 6.45) is 0. The van der Waals surface area contributed by atoms with Crippen molar-refractivity contribution in [2.75, 3.05) is 36.2 Å². The van der Waals surface area contributed by atoms with Crippen LogP contribution in [0.25, 0.3) is 10.8 Å². The Morgan fingerprint density at radius 3 is 2.51 bits per heavy atom. The van der Waals surface area contributed by atoms with Gasteiger partial charge >= 0.3 is 0 Å². The minimum Gasteiger partial charge on any atom is -0.496 e. The molecule has 4 aromatic rings. The van der Waals surface area contributed by atoms with Gasteiger partial charge in [-0.1, -0.05) is 39.7 Å². The van der Waals surface area contributed by atoms with Crippen molar-refractivity contribution in [1.82, 2.24) is 10.6 Å². The molecule has 0 radical (unpaired) electrons. The topological polar surface area (TPSA) is 117 Å². The number of hydrogen-bond acceptors (Lipinski definition) is 6. The molecule has 9 nitrogen and oxygen atoms in total. The lowest BCUT2D eigenvalue weighted by atomic mass is 10.0. The smallest absolute Gasteiger partial charge is 0.258 e. The number of benzene rings is 4. The molecule has 43 heavy (non-hydrogen) atoms. The minimum absolute atomic E-state index is 0.0995. The maximum absolute atomic E-state index is 14.4. The van der Waals surface area contributed by atoms with E-state index in [1.54, 1.807) is 68.4 Å². The van der Waals surface area contributed by atoms with Gasteiger partial charge in [-0.15, -0.1) is 0 Å². The van der Waals surface area contributed by atoms with E-state index in [1.807, 2.05) is 30.3 Å². The molecule has 5 rings (SSSR count). The number of carbonyl (C=O) groups excluding carboxylic acids is 3. The van der Waals surface area contributed by atoms with E-state index in [2.05, 4.69) is 26.6 Å². The number of methoxy groups -OCH3 is 1. The summed E-state index contributed by atoms with van der Waals surface area (Å²) in [6, 6.07) is 19.6.